The van der Waals surface area contributed by atoms with E-state index < -0.39 is 5.60 Å². The lowest BCUT2D eigenvalue weighted by atomic mass is 10.0. The number of aliphatic hydroxyl groups is 1. The number of phenols is 1. The summed E-state index contributed by atoms with van der Waals surface area (Å²) in [5, 5.41) is 22.1. The molecular weight excluding hydrogens is 214 g/mol. The molecule has 0 radical (unpaired) electrons. The predicted molar refractivity (Wildman–Crippen MR) is 70.2 cm³/mol. The smallest absolute Gasteiger partial charge is 0.115 e. The summed E-state index contributed by atoms with van der Waals surface area (Å²) in [6, 6.07) is 7.68. The lowest BCUT2D eigenvalue weighted by Crippen LogP contribution is -2.39. The van der Waals surface area contributed by atoms with Gasteiger partial charge in [0.05, 0.1) is 5.60 Å². The quantitative estimate of drug-likeness (QED) is 0.710. The summed E-state index contributed by atoms with van der Waals surface area (Å²) in [4.78, 5) is 0. The maximum Gasteiger partial charge on any atom is 0.115 e. The summed E-state index contributed by atoms with van der Waals surface area (Å²) in [6.07, 6.45) is 1.99. The third kappa shape index (κ3) is 6.29. The lowest BCUT2D eigenvalue weighted by molar-refractivity contribution is 0.0767. The molecule has 17 heavy (non-hydrogen) atoms. The molecular formula is C14H23NO2. The van der Waals surface area contributed by atoms with E-state index in [1.807, 2.05) is 12.1 Å². The van der Waals surface area contributed by atoms with Gasteiger partial charge in [0.25, 0.3) is 0 Å². The van der Waals surface area contributed by atoms with Crippen molar-refractivity contribution in [2.45, 2.75) is 45.3 Å². The SMILES string of the molecule is CC(CCc1ccc(O)cc1)NCC(C)(C)O. The van der Waals surface area contributed by atoms with E-state index in [2.05, 4.69) is 12.2 Å². The zero-order valence-electron chi connectivity index (χ0n) is 10.9. The molecule has 0 aliphatic heterocycles. The van der Waals surface area contributed by atoms with Gasteiger partial charge in [-0.15, -0.1) is 0 Å². The first kappa shape index (κ1) is 14.0. The third-order valence-electron chi connectivity index (χ3n) is 2.69. The van der Waals surface area contributed by atoms with E-state index in [0.717, 1.165) is 12.8 Å². The van der Waals surface area contributed by atoms with Crippen LogP contribution >= 0.6 is 0 Å². The number of aromatic hydroxyl groups is 1. The van der Waals surface area contributed by atoms with Gasteiger partial charge in [0.2, 0.25) is 0 Å². The second-order valence-corrected chi connectivity index (χ2v) is 5.30. The van der Waals surface area contributed by atoms with E-state index in [1.54, 1.807) is 26.0 Å². The van der Waals surface area contributed by atoms with Crippen LogP contribution in [-0.4, -0.2) is 28.4 Å². The minimum absolute atomic E-state index is 0.307. The van der Waals surface area contributed by atoms with Gasteiger partial charge in [0.1, 0.15) is 5.75 Å². The van der Waals surface area contributed by atoms with Gasteiger partial charge in [0.15, 0.2) is 0 Å². The van der Waals surface area contributed by atoms with E-state index in [1.165, 1.54) is 5.56 Å². The molecule has 0 saturated carbocycles. The Hall–Kier alpha value is -1.06. The zero-order chi connectivity index (χ0) is 12.9. The van der Waals surface area contributed by atoms with E-state index in [0.29, 0.717) is 18.3 Å². The molecule has 1 rings (SSSR count). The maximum absolute atomic E-state index is 9.59. The van der Waals surface area contributed by atoms with Crippen molar-refractivity contribution < 1.29 is 10.2 Å². The van der Waals surface area contributed by atoms with Crippen LogP contribution in [0.2, 0.25) is 0 Å². The highest BCUT2D eigenvalue weighted by atomic mass is 16.3. The molecule has 3 N–H and O–H groups in total. The average molecular weight is 237 g/mol. The highest BCUT2D eigenvalue weighted by molar-refractivity contribution is 5.25. The average Bonchev–Trinajstić information content (AvgIpc) is 2.25. The van der Waals surface area contributed by atoms with Crippen LogP contribution in [0, 0.1) is 0 Å². The Bertz CT molecular complexity index is 327. The fraction of sp³-hybridized carbons (Fsp3) is 0.571. The van der Waals surface area contributed by atoms with Crippen LogP contribution in [0.1, 0.15) is 32.8 Å². The molecule has 1 atom stereocenters. The molecule has 1 unspecified atom stereocenters. The standard InChI is InChI=1S/C14H23NO2/c1-11(15-10-14(2,3)17)4-5-12-6-8-13(16)9-7-12/h6-9,11,15-17H,4-5,10H2,1-3H3. The normalized spacial score (nSPS) is 13.6. The van der Waals surface area contributed by atoms with Crippen molar-refractivity contribution in [3.05, 3.63) is 29.8 Å². The number of nitrogens with one attached hydrogen (secondary N) is 1. The van der Waals surface area contributed by atoms with E-state index in [4.69, 9.17) is 5.11 Å². The van der Waals surface area contributed by atoms with Crippen LogP contribution < -0.4 is 5.32 Å². The summed E-state index contributed by atoms with van der Waals surface area (Å²) >= 11 is 0. The van der Waals surface area contributed by atoms with Crippen molar-refractivity contribution in [3.8, 4) is 5.75 Å². The Morgan fingerprint density at radius 3 is 2.35 bits per heavy atom. The maximum atomic E-state index is 9.59. The Morgan fingerprint density at radius 1 is 1.24 bits per heavy atom. The van der Waals surface area contributed by atoms with Crippen LogP contribution in [0.3, 0.4) is 0 Å². The molecule has 0 fully saturated rings. The van der Waals surface area contributed by atoms with Crippen LogP contribution in [0.5, 0.6) is 5.75 Å². The Balaban J connectivity index is 2.28. The summed E-state index contributed by atoms with van der Waals surface area (Å²) in [6.45, 7) is 6.31. The van der Waals surface area contributed by atoms with Crippen molar-refractivity contribution in [1.29, 1.82) is 0 Å². The molecule has 1 aromatic rings. The molecule has 0 amide bonds. The molecule has 96 valence electrons. The minimum Gasteiger partial charge on any atom is -0.508 e. The minimum atomic E-state index is -0.660. The lowest BCUT2D eigenvalue weighted by Gasteiger charge is -2.21. The number of phenolic OH excluding ortho intramolecular Hbond substituents is 1. The number of aryl methyl sites for hydroxylation is 1. The van der Waals surface area contributed by atoms with Crippen molar-refractivity contribution in [1.82, 2.24) is 5.32 Å². The van der Waals surface area contributed by atoms with E-state index in [-0.39, 0.29) is 0 Å². The number of hydrogen-bond donors (Lipinski definition) is 3. The van der Waals surface area contributed by atoms with Gasteiger partial charge in [-0.2, -0.15) is 0 Å². The van der Waals surface area contributed by atoms with Crippen molar-refractivity contribution in [2.75, 3.05) is 6.54 Å². The molecule has 0 bridgehead atoms. The molecule has 0 spiro atoms. The first-order valence-electron chi connectivity index (χ1n) is 6.10. The van der Waals surface area contributed by atoms with Gasteiger partial charge in [-0.3, -0.25) is 0 Å². The van der Waals surface area contributed by atoms with Crippen LogP contribution in [0.25, 0.3) is 0 Å². The number of hydrogen-bond acceptors (Lipinski definition) is 3. The Kier molecular flexibility index (Phi) is 4.97. The monoisotopic (exact) mass is 237 g/mol. The molecule has 0 aromatic heterocycles. The summed E-state index contributed by atoms with van der Waals surface area (Å²) in [5.74, 6) is 0.307. The zero-order valence-corrected chi connectivity index (χ0v) is 10.9. The molecule has 0 saturated heterocycles. The number of rotatable bonds is 6. The van der Waals surface area contributed by atoms with E-state index >= 15 is 0 Å². The summed E-state index contributed by atoms with van der Waals surface area (Å²) < 4.78 is 0. The van der Waals surface area contributed by atoms with Crippen molar-refractivity contribution in [3.63, 3.8) is 0 Å². The van der Waals surface area contributed by atoms with Crippen LogP contribution in [-0.2, 0) is 6.42 Å². The summed E-state index contributed by atoms with van der Waals surface area (Å²) in [5.41, 5.74) is 0.562. The second kappa shape index (κ2) is 6.03. The van der Waals surface area contributed by atoms with Crippen LogP contribution in [0.15, 0.2) is 24.3 Å². The van der Waals surface area contributed by atoms with Crippen molar-refractivity contribution >= 4 is 0 Å². The fourth-order valence-corrected chi connectivity index (χ4v) is 1.57. The largest absolute Gasteiger partial charge is 0.508 e. The highest BCUT2D eigenvalue weighted by Gasteiger charge is 2.13. The first-order valence-corrected chi connectivity index (χ1v) is 6.10. The Labute approximate surface area is 103 Å². The second-order valence-electron chi connectivity index (χ2n) is 5.30. The molecule has 3 heteroatoms. The van der Waals surface area contributed by atoms with Crippen LogP contribution in [0.4, 0.5) is 0 Å². The Morgan fingerprint density at radius 2 is 1.82 bits per heavy atom. The predicted octanol–water partition coefficient (Wildman–Crippen LogP) is 2.07. The highest BCUT2D eigenvalue weighted by Crippen LogP contribution is 2.12. The number of benzene rings is 1. The van der Waals surface area contributed by atoms with Gasteiger partial charge < -0.3 is 15.5 Å². The fourth-order valence-electron chi connectivity index (χ4n) is 1.57. The molecule has 0 heterocycles. The molecule has 3 nitrogen and oxygen atoms in total. The van der Waals surface area contributed by atoms with Crippen molar-refractivity contribution in [2.24, 2.45) is 0 Å². The molecule has 1 aromatic carbocycles. The molecule has 0 aliphatic carbocycles. The molecule has 0 aliphatic rings. The first-order chi connectivity index (χ1) is 7.87. The van der Waals surface area contributed by atoms with Gasteiger partial charge in [-0.1, -0.05) is 12.1 Å². The van der Waals surface area contributed by atoms with Gasteiger partial charge in [-0.25, -0.2) is 0 Å². The van der Waals surface area contributed by atoms with Gasteiger partial charge >= 0.3 is 0 Å². The topological polar surface area (TPSA) is 52.5 Å². The van der Waals surface area contributed by atoms with Gasteiger partial charge in [0, 0.05) is 12.6 Å². The summed E-state index contributed by atoms with van der Waals surface area (Å²) in [7, 11) is 0. The third-order valence-corrected chi connectivity index (χ3v) is 2.69. The van der Waals surface area contributed by atoms with E-state index in [9.17, 15) is 5.11 Å². The van der Waals surface area contributed by atoms with Gasteiger partial charge in [-0.05, 0) is 51.3 Å².